The lowest BCUT2D eigenvalue weighted by Crippen LogP contribution is -2.25. The van der Waals surface area contributed by atoms with Crippen LogP contribution in [0.1, 0.15) is 16.1 Å². The van der Waals surface area contributed by atoms with Crippen molar-refractivity contribution >= 4 is 42.8 Å². The molecule has 3 rings (SSSR count). The van der Waals surface area contributed by atoms with Gasteiger partial charge in [0.2, 0.25) is 10.0 Å². The maximum Gasteiger partial charge on any atom is 0.287 e. The van der Waals surface area contributed by atoms with Crippen molar-refractivity contribution in [2.45, 2.75) is 11.3 Å². The molecule has 0 saturated heterocycles. The Morgan fingerprint density at radius 1 is 1.12 bits per heavy atom. The fourth-order valence-corrected chi connectivity index (χ4v) is 3.27. The van der Waals surface area contributed by atoms with Crippen molar-refractivity contribution in [3.05, 3.63) is 64.3 Å². The molecule has 1 heterocycles. The number of benzene rings is 2. The van der Waals surface area contributed by atoms with E-state index >= 15 is 0 Å². The first-order valence-electron chi connectivity index (χ1n) is 7.42. The first kappa shape index (κ1) is 17.7. The van der Waals surface area contributed by atoms with Gasteiger partial charge in [0.1, 0.15) is 5.58 Å². The van der Waals surface area contributed by atoms with Crippen LogP contribution >= 0.6 is 15.9 Å². The highest BCUT2D eigenvalue weighted by Gasteiger charge is 2.12. The molecule has 25 heavy (non-hydrogen) atoms. The zero-order valence-corrected chi connectivity index (χ0v) is 15.4. The van der Waals surface area contributed by atoms with E-state index < -0.39 is 10.0 Å². The number of amides is 1. The van der Waals surface area contributed by atoms with Crippen LogP contribution in [-0.4, -0.2) is 20.9 Å². The molecule has 3 aromatic rings. The number of primary sulfonamides is 1. The van der Waals surface area contributed by atoms with Crippen molar-refractivity contribution in [3.8, 4) is 0 Å². The van der Waals surface area contributed by atoms with E-state index in [9.17, 15) is 13.2 Å². The number of furan rings is 1. The third-order valence-corrected chi connectivity index (χ3v) is 5.08. The van der Waals surface area contributed by atoms with Gasteiger partial charge in [-0.1, -0.05) is 28.1 Å². The molecule has 1 amide bonds. The number of carbonyl (C=O) groups is 1. The Balaban J connectivity index is 1.60. The molecule has 1 aromatic heterocycles. The highest BCUT2D eigenvalue weighted by atomic mass is 79.9. The second kappa shape index (κ2) is 6.99. The fourth-order valence-electron chi connectivity index (χ4n) is 2.38. The van der Waals surface area contributed by atoms with Crippen LogP contribution in [-0.2, 0) is 16.4 Å². The third-order valence-electron chi connectivity index (χ3n) is 3.65. The monoisotopic (exact) mass is 422 g/mol. The number of rotatable bonds is 5. The fraction of sp³-hybridized carbons (Fsp3) is 0.118. The third kappa shape index (κ3) is 4.28. The zero-order chi connectivity index (χ0) is 18.0. The van der Waals surface area contributed by atoms with E-state index in [1.54, 1.807) is 24.3 Å². The summed E-state index contributed by atoms with van der Waals surface area (Å²) in [6, 6.07) is 13.4. The highest BCUT2D eigenvalue weighted by molar-refractivity contribution is 9.10. The maximum absolute atomic E-state index is 12.2. The number of nitrogens with one attached hydrogen (secondary N) is 1. The molecule has 0 aliphatic heterocycles. The second-order valence-corrected chi connectivity index (χ2v) is 7.96. The van der Waals surface area contributed by atoms with Gasteiger partial charge in [-0.2, -0.15) is 0 Å². The largest absolute Gasteiger partial charge is 0.451 e. The van der Waals surface area contributed by atoms with Crippen LogP contribution in [0, 0.1) is 0 Å². The van der Waals surface area contributed by atoms with Crippen LogP contribution in [0.4, 0.5) is 0 Å². The van der Waals surface area contributed by atoms with E-state index in [0.717, 1.165) is 15.4 Å². The SMILES string of the molecule is NS(=O)(=O)c1ccc(CCNC(=O)c2cc3cc(Br)ccc3o2)cc1. The number of hydrogen-bond acceptors (Lipinski definition) is 4. The van der Waals surface area contributed by atoms with Crippen molar-refractivity contribution in [2.75, 3.05) is 6.54 Å². The smallest absolute Gasteiger partial charge is 0.287 e. The minimum absolute atomic E-state index is 0.0636. The number of halogens is 1. The van der Waals surface area contributed by atoms with Crippen LogP contribution in [0.5, 0.6) is 0 Å². The molecule has 0 aliphatic carbocycles. The number of fused-ring (bicyclic) bond motifs is 1. The minimum atomic E-state index is -3.69. The Morgan fingerprint density at radius 2 is 1.84 bits per heavy atom. The van der Waals surface area contributed by atoms with Crippen LogP contribution in [0.2, 0.25) is 0 Å². The molecule has 130 valence electrons. The van der Waals surface area contributed by atoms with Crippen LogP contribution in [0.25, 0.3) is 11.0 Å². The van der Waals surface area contributed by atoms with E-state index in [4.69, 9.17) is 9.56 Å². The number of nitrogens with two attached hydrogens (primary N) is 1. The average Bonchev–Trinajstić information content (AvgIpc) is 2.97. The van der Waals surface area contributed by atoms with Crippen molar-refractivity contribution in [1.29, 1.82) is 0 Å². The zero-order valence-electron chi connectivity index (χ0n) is 13.0. The van der Waals surface area contributed by atoms with Gasteiger partial charge in [-0.05, 0) is 48.4 Å². The molecule has 0 radical (unpaired) electrons. The van der Waals surface area contributed by atoms with Crippen molar-refractivity contribution in [3.63, 3.8) is 0 Å². The molecule has 0 fully saturated rings. The summed E-state index contributed by atoms with van der Waals surface area (Å²) in [6.45, 7) is 0.397. The van der Waals surface area contributed by atoms with Gasteiger partial charge in [0, 0.05) is 16.4 Å². The molecular formula is C17H15BrN2O4S. The lowest BCUT2D eigenvalue weighted by molar-refractivity contribution is 0.0928. The van der Waals surface area contributed by atoms with Gasteiger partial charge >= 0.3 is 0 Å². The molecule has 0 spiro atoms. The van der Waals surface area contributed by atoms with Gasteiger partial charge < -0.3 is 9.73 Å². The Bertz CT molecular complexity index is 1030. The van der Waals surface area contributed by atoms with Gasteiger partial charge in [-0.25, -0.2) is 13.6 Å². The van der Waals surface area contributed by atoms with Crippen molar-refractivity contribution < 1.29 is 17.6 Å². The topological polar surface area (TPSA) is 102 Å². The summed E-state index contributed by atoms with van der Waals surface area (Å²) in [5.74, 6) is -0.0499. The average molecular weight is 423 g/mol. The molecule has 0 aliphatic rings. The van der Waals surface area contributed by atoms with Crippen molar-refractivity contribution in [2.24, 2.45) is 5.14 Å². The molecule has 0 saturated carbocycles. The number of carbonyl (C=O) groups excluding carboxylic acids is 1. The van der Waals surface area contributed by atoms with E-state index in [0.29, 0.717) is 18.5 Å². The molecule has 0 bridgehead atoms. The predicted octanol–water partition coefficient (Wildman–Crippen LogP) is 2.82. The van der Waals surface area contributed by atoms with E-state index in [-0.39, 0.29) is 16.6 Å². The number of hydrogen-bond donors (Lipinski definition) is 2. The summed E-state index contributed by atoms with van der Waals surface area (Å²) in [4.78, 5) is 12.2. The van der Waals surface area contributed by atoms with Gasteiger partial charge in [-0.15, -0.1) is 0 Å². The maximum atomic E-state index is 12.2. The summed E-state index contributed by atoms with van der Waals surface area (Å²) in [5.41, 5.74) is 1.54. The summed E-state index contributed by atoms with van der Waals surface area (Å²) in [6.07, 6.45) is 0.558. The lowest BCUT2D eigenvalue weighted by Gasteiger charge is -2.04. The molecule has 2 aromatic carbocycles. The van der Waals surface area contributed by atoms with Crippen LogP contribution < -0.4 is 10.5 Å². The van der Waals surface area contributed by atoms with Crippen molar-refractivity contribution in [1.82, 2.24) is 5.32 Å². The van der Waals surface area contributed by atoms with Crippen LogP contribution in [0.3, 0.4) is 0 Å². The Labute approximate surface area is 153 Å². The molecular weight excluding hydrogens is 408 g/mol. The second-order valence-electron chi connectivity index (χ2n) is 5.49. The quantitative estimate of drug-likeness (QED) is 0.659. The van der Waals surface area contributed by atoms with E-state index in [1.165, 1.54) is 12.1 Å². The molecule has 8 heteroatoms. The Morgan fingerprint density at radius 3 is 2.52 bits per heavy atom. The first-order chi connectivity index (χ1) is 11.8. The normalized spacial score (nSPS) is 11.6. The Hall–Kier alpha value is -2.16. The van der Waals surface area contributed by atoms with Gasteiger partial charge in [0.15, 0.2) is 5.76 Å². The molecule has 0 atom stereocenters. The standard InChI is InChI=1S/C17H15BrN2O4S/c18-13-3-6-15-12(9-13)10-16(24-15)17(21)20-8-7-11-1-4-14(5-2-11)25(19,22)23/h1-6,9-10H,7-8H2,(H,20,21)(H2,19,22,23). The van der Waals surface area contributed by atoms with E-state index in [2.05, 4.69) is 21.2 Å². The first-order valence-corrected chi connectivity index (χ1v) is 9.76. The molecule has 6 nitrogen and oxygen atoms in total. The Kier molecular flexibility index (Phi) is 4.94. The molecule has 3 N–H and O–H groups in total. The summed E-state index contributed by atoms with van der Waals surface area (Å²) < 4.78 is 28.9. The predicted molar refractivity (Wildman–Crippen MR) is 97.8 cm³/mol. The highest BCUT2D eigenvalue weighted by Crippen LogP contribution is 2.23. The van der Waals surface area contributed by atoms with Gasteiger partial charge in [0.05, 0.1) is 4.90 Å². The summed E-state index contributed by atoms with van der Waals surface area (Å²) >= 11 is 3.38. The van der Waals surface area contributed by atoms with Gasteiger partial charge in [0.25, 0.3) is 5.91 Å². The summed E-state index contributed by atoms with van der Waals surface area (Å²) in [5, 5.41) is 8.68. The molecule has 0 unspecified atom stereocenters. The number of sulfonamides is 1. The summed E-state index contributed by atoms with van der Waals surface area (Å²) in [7, 11) is -3.69. The van der Waals surface area contributed by atoms with Gasteiger partial charge in [-0.3, -0.25) is 4.79 Å². The lowest BCUT2D eigenvalue weighted by atomic mass is 10.1. The minimum Gasteiger partial charge on any atom is -0.451 e. The van der Waals surface area contributed by atoms with Crippen LogP contribution in [0.15, 0.2) is 62.3 Å². The van der Waals surface area contributed by atoms with E-state index in [1.807, 2.05) is 12.1 Å².